The van der Waals surface area contributed by atoms with Gasteiger partial charge >= 0.3 is 0 Å². The van der Waals surface area contributed by atoms with Crippen molar-refractivity contribution < 1.29 is 13.5 Å². The lowest BCUT2D eigenvalue weighted by Crippen LogP contribution is -2.35. The summed E-state index contributed by atoms with van der Waals surface area (Å²) >= 11 is 0. The van der Waals surface area contributed by atoms with E-state index in [1.807, 2.05) is 0 Å². The highest BCUT2D eigenvalue weighted by molar-refractivity contribution is 5.28. The summed E-state index contributed by atoms with van der Waals surface area (Å²) < 4.78 is 32.2. The van der Waals surface area contributed by atoms with Crippen LogP contribution >= 0.6 is 0 Å². The number of nitrogens with two attached hydrogens (primary N) is 1. The normalized spacial score (nSPS) is 11.9. The van der Waals surface area contributed by atoms with Crippen LogP contribution in [0, 0.1) is 11.6 Å². The fraction of sp³-hybridized carbons (Fsp3) is 0.500. The summed E-state index contributed by atoms with van der Waals surface area (Å²) in [4.78, 5) is 0. The molecule has 1 aromatic rings. The molecule has 0 aromatic heterocycles. The number of ether oxygens (including phenoxy) is 1. The highest BCUT2D eigenvalue weighted by Crippen LogP contribution is 2.21. The average Bonchev–Trinajstić information content (AvgIpc) is 2.16. The third-order valence-corrected chi connectivity index (χ3v) is 2.20. The Morgan fingerprint density at radius 2 is 1.94 bits per heavy atom. The number of methoxy groups -OCH3 is 1. The molecule has 0 heterocycles. The van der Waals surface area contributed by atoms with E-state index in [1.54, 1.807) is 13.8 Å². The molecule has 1 aromatic carbocycles. The summed E-state index contributed by atoms with van der Waals surface area (Å²) in [6, 6.07) is 2.64. The molecule has 0 spiro atoms. The molecule has 0 unspecified atom stereocenters. The van der Waals surface area contributed by atoms with Gasteiger partial charge in [-0.2, -0.15) is 0 Å². The molecule has 0 fully saturated rings. The first kappa shape index (κ1) is 13.1. The van der Waals surface area contributed by atoms with Gasteiger partial charge in [0.05, 0.1) is 6.61 Å². The minimum atomic E-state index is -0.645. The maximum absolute atomic E-state index is 13.9. The summed E-state index contributed by atoms with van der Waals surface area (Å²) in [7, 11) is 1.47. The van der Waals surface area contributed by atoms with Crippen molar-refractivity contribution in [1.82, 2.24) is 0 Å². The fourth-order valence-electron chi connectivity index (χ4n) is 1.53. The minimum Gasteiger partial charge on any atom is -0.380 e. The molecule has 90 valence electrons. The summed E-state index contributed by atoms with van der Waals surface area (Å²) in [5.74, 6) is -1.11. The van der Waals surface area contributed by atoms with Gasteiger partial charge in [-0.15, -0.1) is 0 Å². The van der Waals surface area contributed by atoms with Crippen molar-refractivity contribution in [1.29, 1.82) is 0 Å². The minimum absolute atomic E-state index is 0.0297. The molecule has 0 aliphatic rings. The van der Waals surface area contributed by atoms with E-state index in [-0.39, 0.29) is 18.6 Å². The predicted octanol–water partition coefficient (Wildman–Crippen LogP) is 2.39. The van der Waals surface area contributed by atoms with Gasteiger partial charge in [-0.25, -0.2) is 8.78 Å². The van der Waals surface area contributed by atoms with Gasteiger partial charge in [0.25, 0.3) is 0 Å². The Morgan fingerprint density at radius 1 is 1.31 bits per heavy atom. The molecular weight excluding hydrogens is 212 g/mol. The van der Waals surface area contributed by atoms with E-state index in [9.17, 15) is 8.78 Å². The summed E-state index contributed by atoms with van der Waals surface area (Å²) in [6.07, 6.45) is 0.155. The molecule has 0 saturated heterocycles. The quantitative estimate of drug-likeness (QED) is 0.860. The Kier molecular flexibility index (Phi) is 3.99. The molecule has 0 bridgehead atoms. The number of benzene rings is 1. The van der Waals surface area contributed by atoms with Crippen molar-refractivity contribution in [3.63, 3.8) is 0 Å². The van der Waals surface area contributed by atoms with Gasteiger partial charge in [0.2, 0.25) is 0 Å². The van der Waals surface area contributed by atoms with Crippen LogP contribution in [0.2, 0.25) is 0 Å². The summed E-state index contributed by atoms with van der Waals surface area (Å²) in [5, 5.41) is 0. The first-order valence-corrected chi connectivity index (χ1v) is 5.08. The SMILES string of the molecule is COCc1ccc(F)c(CC(C)(C)N)c1F. The van der Waals surface area contributed by atoms with Crippen LogP contribution in [0.25, 0.3) is 0 Å². The molecule has 0 aliphatic carbocycles. The molecule has 0 saturated carbocycles. The molecule has 4 heteroatoms. The first-order chi connectivity index (χ1) is 7.35. The molecule has 0 atom stereocenters. The molecule has 0 radical (unpaired) electrons. The highest BCUT2D eigenvalue weighted by atomic mass is 19.1. The van der Waals surface area contributed by atoms with E-state index in [0.29, 0.717) is 5.56 Å². The Morgan fingerprint density at radius 3 is 2.44 bits per heavy atom. The highest BCUT2D eigenvalue weighted by Gasteiger charge is 2.20. The number of hydrogen-bond acceptors (Lipinski definition) is 2. The van der Waals surface area contributed by atoms with Crippen LogP contribution in [0.3, 0.4) is 0 Å². The van der Waals surface area contributed by atoms with Crippen molar-refractivity contribution in [3.8, 4) is 0 Å². The lowest BCUT2D eigenvalue weighted by Gasteiger charge is -2.20. The summed E-state index contributed by atoms with van der Waals surface area (Å²) in [6.45, 7) is 3.59. The van der Waals surface area contributed by atoms with Crippen LogP contribution in [0.5, 0.6) is 0 Å². The average molecular weight is 229 g/mol. The lowest BCUT2D eigenvalue weighted by molar-refractivity contribution is 0.181. The number of halogens is 2. The maximum Gasteiger partial charge on any atom is 0.134 e. The van der Waals surface area contributed by atoms with Crippen molar-refractivity contribution in [2.45, 2.75) is 32.4 Å². The monoisotopic (exact) mass is 229 g/mol. The maximum atomic E-state index is 13.9. The van der Waals surface area contributed by atoms with Crippen molar-refractivity contribution in [2.24, 2.45) is 5.73 Å². The Hall–Kier alpha value is -1.00. The predicted molar refractivity (Wildman–Crippen MR) is 59.0 cm³/mol. The fourth-order valence-corrected chi connectivity index (χ4v) is 1.53. The van der Waals surface area contributed by atoms with Gasteiger partial charge in [-0.05, 0) is 26.3 Å². The standard InChI is InChI=1S/C12H17F2NO/c1-12(2,15)6-9-10(13)5-4-8(7-16-3)11(9)14/h4-5H,6-7,15H2,1-3H3. The second-order valence-corrected chi connectivity index (χ2v) is 4.60. The zero-order valence-corrected chi connectivity index (χ0v) is 9.81. The van der Waals surface area contributed by atoms with Crippen LogP contribution in [0.1, 0.15) is 25.0 Å². The van der Waals surface area contributed by atoms with Crippen LogP contribution in [-0.2, 0) is 17.8 Å². The van der Waals surface area contributed by atoms with E-state index in [4.69, 9.17) is 10.5 Å². The van der Waals surface area contributed by atoms with Crippen LogP contribution < -0.4 is 5.73 Å². The van der Waals surface area contributed by atoms with Crippen molar-refractivity contribution >= 4 is 0 Å². The van der Waals surface area contributed by atoms with E-state index in [1.165, 1.54) is 19.2 Å². The van der Waals surface area contributed by atoms with Crippen molar-refractivity contribution in [2.75, 3.05) is 7.11 Å². The van der Waals surface area contributed by atoms with Gasteiger partial charge < -0.3 is 10.5 Å². The van der Waals surface area contributed by atoms with Gasteiger partial charge in [-0.1, -0.05) is 6.07 Å². The number of rotatable bonds is 4. The van der Waals surface area contributed by atoms with Gasteiger partial charge in [-0.3, -0.25) is 0 Å². The van der Waals surface area contributed by atoms with Crippen molar-refractivity contribution in [3.05, 3.63) is 34.9 Å². The second kappa shape index (κ2) is 4.89. The largest absolute Gasteiger partial charge is 0.380 e. The van der Waals surface area contributed by atoms with Gasteiger partial charge in [0, 0.05) is 23.8 Å². The van der Waals surface area contributed by atoms with Crippen LogP contribution in [0.4, 0.5) is 8.78 Å². The molecule has 0 amide bonds. The van der Waals surface area contributed by atoms with Gasteiger partial charge in [0.15, 0.2) is 0 Å². The molecule has 0 aliphatic heterocycles. The molecule has 16 heavy (non-hydrogen) atoms. The third-order valence-electron chi connectivity index (χ3n) is 2.20. The van der Waals surface area contributed by atoms with Crippen LogP contribution in [-0.4, -0.2) is 12.6 Å². The zero-order valence-electron chi connectivity index (χ0n) is 9.81. The van der Waals surface area contributed by atoms with E-state index in [0.717, 1.165) is 0 Å². The van der Waals surface area contributed by atoms with Gasteiger partial charge in [0.1, 0.15) is 11.6 Å². The van der Waals surface area contributed by atoms with E-state index >= 15 is 0 Å². The number of hydrogen-bond donors (Lipinski definition) is 1. The Bertz CT molecular complexity index is 372. The van der Waals surface area contributed by atoms with E-state index in [2.05, 4.69) is 0 Å². The molecule has 2 N–H and O–H groups in total. The lowest BCUT2D eigenvalue weighted by atomic mass is 9.94. The second-order valence-electron chi connectivity index (χ2n) is 4.60. The molecule has 2 nitrogen and oxygen atoms in total. The summed E-state index contributed by atoms with van der Waals surface area (Å²) in [5.41, 5.74) is 5.50. The van der Waals surface area contributed by atoms with Crippen LogP contribution in [0.15, 0.2) is 12.1 Å². The third kappa shape index (κ3) is 3.25. The van der Waals surface area contributed by atoms with E-state index < -0.39 is 17.2 Å². The smallest absolute Gasteiger partial charge is 0.134 e. The first-order valence-electron chi connectivity index (χ1n) is 5.08. The molecular formula is C12H17F2NO. The Labute approximate surface area is 94.4 Å². The topological polar surface area (TPSA) is 35.2 Å². The zero-order chi connectivity index (χ0) is 12.3. The Balaban J connectivity index is 3.11. The molecule has 1 rings (SSSR count).